The molecule has 2 aliphatic rings. The Hall–Kier alpha value is -3.24. The van der Waals surface area contributed by atoms with E-state index in [1.807, 2.05) is 37.6 Å². The van der Waals surface area contributed by atoms with Crippen LogP contribution < -0.4 is 11.1 Å². The van der Waals surface area contributed by atoms with E-state index in [0.717, 1.165) is 45.1 Å². The third kappa shape index (κ3) is 5.33. The molecule has 2 aliphatic heterocycles. The highest BCUT2D eigenvalue weighted by Crippen LogP contribution is 2.31. The summed E-state index contributed by atoms with van der Waals surface area (Å²) >= 11 is 0. The lowest BCUT2D eigenvalue weighted by atomic mass is 9.81. The summed E-state index contributed by atoms with van der Waals surface area (Å²) in [6, 6.07) is 3.05. The molecule has 3 N–H and O–H groups in total. The van der Waals surface area contributed by atoms with E-state index in [-0.39, 0.29) is 23.2 Å². The lowest BCUT2D eigenvalue weighted by Gasteiger charge is -2.36. The van der Waals surface area contributed by atoms with Crippen molar-refractivity contribution in [3.8, 4) is 11.3 Å². The molecule has 38 heavy (non-hydrogen) atoms. The summed E-state index contributed by atoms with van der Waals surface area (Å²) in [7, 11) is 0. The Morgan fingerprint density at radius 2 is 1.92 bits per heavy atom. The lowest BCUT2D eigenvalue weighted by molar-refractivity contribution is 0.176. The van der Waals surface area contributed by atoms with Crippen molar-refractivity contribution in [3.63, 3.8) is 0 Å². The minimum Gasteiger partial charge on any atom is -0.326 e. The van der Waals surface area contributed by atoms with E-state index in [9.17, 15) is 8.78 Å². The van der Waals surface area contributed by atoms with E-state index < -0.39 is 17.2 Å². The number of imidazole rings is 1. The summed E-state index contributed by atoms with van der Waals surface area (Å²) in [6.07, 6.45) is 8.68. The van der Waals surface area contributed by atoms with Gasteiger partial charge in [0, 0.05) is 17.8 Å². The van der Waals surface area contributed by atoms with E-state index in [2.05, 4.69) is 37.1 Å². The summed E-state index contributed by atoms with van der Waals surface area (Å²) in [5.74, 6) is 0.856. The topological polar surface area (TPSA) is 97.2 Å². The molecule has 4 heterocycles. The highest BCUT2D eigenvalue weighted by Gasteiger charge is 2.30. The minimum atomic E-state index is -0.641. The van der Waals surface area contributed by atoms with Crippen molar-refractivity contribution in [2.75, 3.05) is 25.0 Å². The smallest absolute Gasteiger partial charge is 0.229 e. The number of aliphatic imine (C=N–C) groups is 1. The summed E-state index contributed by atoms with van der Waals surface area (Å²) in [4.78, 5) is 19.8. The molecule has 0 amide bonds. The van der Waals surface area contributed by atoms with Gasteiger partial charge in [0.25, 0.3) is 0 Å². The molecular formula is C28H36F2N8. The predicted molar refractivity (Wildman–Crippen MR) is 147 cm³/mol. The fourth-order valence-corrected chi connectivity index (χ4v) is 5.66. The van der Waals surface area contributed by atoms with Crippen LogP contribution in [0.1, 0.15) is 58.3 Å². The van der Waals surface area contributed by atoms with Crippen LogP contribution in [0, 0.1) is 24.5 Å². The van der Waals surface area contributed by atoms with Gasteiger partial charge in [-0.1, -0.05) is 6.92 Å². The average molecular weight is 523 g/mol. The maximum Gasteiger partial charge on any atom is 0.229 e. The van der Waals surface area contributed by atoms with Crippen LogP contribution in [0.2, 0.25) is 0 Å². The highest BCUT2D eigenvalue weighted by molar-refractivity contribution is 5.83. The lowest BCUT2D eigenvalue weighted by Crippen LogP contribution is -2.46. The van der Waals surface area contributed by atoms with Gasteiger partial charge in [-0.25, -0.2) is 28.7 Å². The van der Waals surface area contributed by atoms with E-state index in [1.165, 1.54) is 6.07 Å². The Morgan fingerprint density at radius 3 is 2.58 bits per heavy atom. The van der Waals surface area contributed by atoms with Crippen molar-refractivity contribution in [3.05, 3.63) is 47.7 Å². The van der Waals surface area contributed by atoms with Crippen molar-refractivity contribution >= 4 is 23.2 Å². The van der Waals surface area contributed by atoms with Crippen LogP contribution in [-0.4, -0.2) is 55.8 Å². The summed E-state index contributed by atoms with van der Waals surface area (Å²) < 4.78 is 31.7. The van der Waals surface area contributed by atoms with Crippen molar-refractivity contribution in [2.24, 2.45) is 16.6 Å². The van der Waals surface area contributed by atoms with E-state index in [0.29, 0.717) is 35.1 Å². The second-order valence-electron chi connectivity index (χ2n) is 10.8. The third-order valence-corrected chi connectivity index (χ3v) is 7.66. The molecule has 1 saturated heterocycles. The number of fused-ring (bicyclic) bond motifs is 1. The number of nitrogens with zero attached hydrogens (tertiary/aromatic N) is 6. The molecule has 1 aromatic carbocycles. The Balaban J connectivity index is 1.32. The maximum atomic E-state index is 15.0. The molecule has 0 spiro atoms. The number of aromatic nitrogens is 4. The third-order valence-electron chi connectivity index (χ3n) is 7.66. The second kappa shape index (κ2) is 10.5. The molecule has 0 bridgehead atoms. The molecule has 3 aromatic rings. The minimum absolute atomic E-state index is 0.00411. The van der Waals surface area contributed by atoms with Crippen molar-refractivity contribution < 1.29 is 8.78 Å². The van der Waals surface area contributed by atoms with Crippen LogP contribution >= 0.6 is 0 Å². The molecule has 1 atom stereocenters. The van der Waals surface area contributed by atoms with Crippen LogP contribution in [0.4, 0.5) is 14.7 Å². The number of nitrogens with two attached hydrogens (primary N) is 1. The highest BCUT2D eigenvalue weighted by atomic mass is 19.1. The Kier molecular flexibility index (Phi) is 7.28. The fourth-order valence-electron chi connectivity index (χ4n) is 5.66. The molecule has 0 radical (unpaired) electrons. The van der Waals surface area contributed by atoms with Gasteiger partial charge in [0.2, 0.25) is 5.95 Å². The number of nitrogens with one attached hydrogen (secondary N) is 1. The average Bonchev–Trinajstić information content (AvgIpc) is 3.23. The summed E-state index contributed by atoms with van der Waals surface area (Å²) in [6.45, 7) is 11.4. The summed E-state index contributed by atoms with van der Waals surface area (Å²) in [5, 5.41) is 3.06. The van der Waals surface area contributed by atoms with Crippen molar-refractivity contribution in [2.45, 2.75) is 65.0 Å². The normalized spacial score (nSPS) is 20.9. The zero-order chi connectivity index (χ0) is 27.0. The quantitative estimate of drug-likeness (QED) is 0.442. The largest absolute Gasteiger partial charge is 0.326 e. The number of rotatable bonds is 7. The number of anilines is 1. The molecular weight excluding hydrogens is 486 g/mol. The van der Waals surface area contributed by atoms with E-state index >= 15 is 0 Å². The SMILES string of the molecule is CCN1CCC(CC2(N)C=NC(Nc3ncc(F)c(-c4cc(F)c5nc(C)n(C(C)C)c5c4)n3)=CC2)CC1. The van der Waals surface area contributed by atoms with Crippen molar-refractivity contribution in [1.29, 1.82) is 0 Å². The van der Waals surface area contributed by atoms with Gasteiger partial charge in [0.05, 0.1) is 17.3 Å². The van der Waals surface area contributed by atoms with Gasteiger partial charge >= 0.3 is 0 Å². The summed E-state index contributed by atoms with van der Waals surface area (Å²) in [5.41, 5.74) is 7.36. The molecule has 8 nitrogen and oxygen atoms in total. The molecule has 202 valence electrons. The number of halogens is 2. The van der Waals surface area contributed by atoms with Gasteiger partial charge < -0.3 is 20.5 Å². The molecule has 1 fully saturated rings. The first-order chi connectivity index (χ1) is 18.2. The first-order valence-electron chi connectivity index (χ1n) is 13.4. The van der Waals surface area contributed by atoms with Gasteiger partial charge in [0.15, 0.2) is 11.6 Å². The first-order valence-corrected chi connectivity index (χ1v) is 13.4. The van der Waals surface area contributed by atoms with E-state index in [4.69, 9.17) is 5.73 Å². The number of likely N-dealkylation sites (tertiary alicyclic amines) is 1. The molecule has 2 aromatic heterocycles. The number of piperidine rings is 1. The van der Waals surface area contributed by atoms with Gasteiger partial charge in [0.1, 0.15) is 22.9 Å². The zero-order valence-corrected chi connectivity index (χ0v) is 22.5. The van der Waals surface area contributed by atoms with Crippen LogP contribution in [0.3, 0.4) is 0 Å². The molecule has 5 rings (SSSR count). The van der Waals surface area contributed by atoms with Crippen LogP contribution in [0.5, 0.6) is 0 Å². The molecule has 10 heteroatoms. The second-order valence-corrected chi connectivity index (χ2v) is 10.8. The van der Waals surface area contributed by atoms with Crippen molar-refractivity contribution in [1.82, 2.24) is 24.4 Å². The number of hydrogen-bond acceptors (Lipinski definition) is 7. The molecule has 1 unspecified atom stereocenters. The van der Waals surface area contributed by atoms with Gasteiger partial charge in [-0.2, -0.15) is 0 Å². The van der Waals surface area contributed by atoms with Crippen LogP contribution in [0.25, 0.3) is 22.3 Å². The van der Waals surface area contributed by atoms with Crippen LogP contribution in [-0.2, 0) is 0 Å². The number of aryl methyl sites for hydroxylation is 1. The van der Waals surface area contributed by atoms with E-state index in [1.54, 1.807) is 6.07 Å². The van der Waals surface area contributed by atoms with Gasteiger partial charge in [-0.05, 0) is 90.2 Å². The predicted octanol–water partition coefficient (Wildman–Crippen LogP) is 5.21. The number of hydrogen-bond donors (Lipinski definition) is 2. The zero-order valence-electron chi connectivity index (χ0n) is 22.5. The van der Waals surface area contributed by atoms with Gasteiger partial charge in [-0.15, -0.1) is 0 Å². The standard InChI is InChI=1S/C28H36F2N8/c1-5-37-10-7-19(8-11-37)14-28(31)9-6-24(33-16-28)35-27-32-15-22(30)25(36-27)20-12-21(29)26-23(13-20)38(17(2)3)18(4)34-26/h6,12-13,15-17,19H,5,7-11,14,31H2,1-4H3,(H,32,35,36). The Bertz CT molecular complexity index is 1390. The molecule has 0 aliphatic carbocycles. The van der Waals surface area contributed by atoms with Crippen LogP contribution in [0.15, 0.2) is 35.2 Å². The Labute approximate surface area is 222 Å². The fraction of sp³-hybridized carbons (Fsp3) is 0.500. The molecule has 0 saturated carbocycles. The monoisotopic (exact) mass is 522 g/mol. The maximum absolute atomic E-state index is 15.0. The first kappa shape index (κ1) is 26.4. The van der Waals surface area contributed by atoms with Gasteiger partial charge in [-0.3, -0.25) is 0 Å². The number of benzene rings is 1. The Morgan fingerprint density at radius 1 is 1.16 bits per heavy atom.